The van der Waals surface area contributed by atoms with E-state index in [0.29, 0.717) is 6.61 Å². The van der Waals surface area contributed by atoms with Crippen molar-refractivity contribution < 1.29 is 4.74 Å². The molecule has 2 aromatic rings. The number of hydrogen-bond acceptors (Lipinski definition) is 4. The van der Waals surface area contributed by atoms with Gasteiger partial charge in [0.15, 0.2) is 0 Å². The van der Waals surface area contributed by atoms with Gasteiger partial charge in [-0.3, -0.25) is 4.68 Å². The van der Waals surface area contributed by atoms with Crippen LogP contribution in [0.3, 0.4) is 0 Å². The molecule has 0 bridgehead atoms. The predicted molar refractivity (Wildman–Crippen MR) is 74.1 cm³/mol. The SMILES string of the molecule is CCOc1cccc(C(Cc2ncnn2C)NC)c1. The Morgan fingerprint density at radius 2 is 2.26 bits per heavy atom. The number of hydrogen-bond donors (Lipinski definition) is 1. The normalized spacial score (nSPS) is 12.4. The molecular formula is C14H20N4O. The third kappa shape index (κ3) is 3.32. The number of ether oxygens (including phenoxy) is 1. The highest BCUT2D eigenvalue weighted by Gasteiger charge is 2.13. The van der Waals surface area contributed by atoms with Crippen molar-refractivity contribution in [2.45, 2.75) is 19.4 Å². The van der Waals surface area contributed by atoms with Gasteiger partial charge in [-0.25, -0.2) is 4.98 Å². The first kappa shape index (κ1) is 13.5. The van der Waals surface area contributed by atoms with Crippen molar-refractivity contribution in [3.05, 3.63) is 42.0 Å². The van der Waals surface area contributed by atoms with E-state index in [2.05, 4.69) is 27.5 Å². The van der Waals surface area contributed by atoms with Gasteiger partial charge in [0, 0.05) is 19.5 Å². The van der Waals surface area contributed by atoms with E-state index in [1.807, 2.05) is 33.2 Å². The van der Waals surface area contributed by atoms with E-state index >= 15 is 0 Å². The van der Waals surface area contributed by atoms with Gasteiger partial charge in [0.25, 0.3) is 0 Å². The maximum atomic E-state index is 5.54. The second kappa shape index (κ2) is 6.33. The Kier molecular flexibility index (Phi) is 4.52. The predicted octanol–water partition coefficient (Wildman–Crippen LogP) is 1.72. The van der Waals surface area contributed by atoms with Gasteiger partial charge in [0.1, 0.15) is 17.9 Å². The van der Waals surface area contributed by atoms with E-state index in [1.165, 1.54) is 5.56 Å². The molecule has 0 aliphatic rings. The maximum absolute atomic E-state index is 5.54. The molecule has 5 nitrogen and oxygen atoms in total. The summed E-state index contributed by atoms with van der Waals surface area (Å²) in [6, 6.07) is 8.35. The van der Waals surface area contributed by atoms with E-state index in [-0.39, 0.29) is 6.04 Å². The van der Waals surface area contributed by atoms with Gasteiger partial charge in [-0.05, 0) is 31.7 Å². The zero-order chi connectivity index (χ0) is 13.7. The lowest BCUT2D eigenvalue weighted by Crippen LogP contribution is -2.20. The molecule has 1 N–H and O–H groups in total. The fourth-order valence-corrected chi connectivity index (χ4v) is 2.06. The minimum atomic E-state index is 0.198. The summed E-state index contributed by atoms with van der Waals surface area (Å²) in [4.78, 5) is 4.27. The van der Waals surface area contributed by atoms with E-state index < -0.39 is 0 Å². The van der Waals surface area contributed by atoms with Crippen LogP contribution in [0.1, 0.15) is 24.4 Å². The van der Waals surface area contributed by atoms with Gasteiger partial charge in [0.05, 0.1) is 6.61 Å². The monoisotopic (exact) mass is 260 g/mol. The van der Waals surface area contributed by atoms with Crippen molar-refractivity contribution in [2.24, 2.45) is 7.05 Å². The fourth-order valence-electron chi connectivity index (χ4n) is 2.06. The molecule has 19 heavy (non-hydrogen) atoms. The number of likely N-dealkylation sites (N-methyl/N-ethyl adjacent to an activating group) is 1. The van der Waals surface area contributed by atoms with Crippen molar-refractivity contribution in [1.82, 2.24) is 20.1 Å². The van der Waals surface area contributed by atoms with Crippen LogP contribution in [0.2, 0.25) is 0 Å². The zero-order valence-corrected chi connectivity index (χ0v) is 11.6. The maximum Gasteiger partial charge on any atom is 0.138 e. The third-order valence-corrected chi connectivity index (χ3v) is 3.11. The zero-order valence-electron chi connectivity index (χ0n) is 11.6. The topological polar surface area (TPSA) is 52.0 Å². The van der Waals surface area contributed by atoms with E-state index in [4.69, 9.17) is 4.74 Å². The van der Waals surface area contributed by atoms with Gasteiger partial charge in [0.2, 0.25) is 0 Å². The van der Waals surface area contributed by atoms with Gasteiger partial charge < -0.3 is 10.1 Å². The molecule has 0 aliphatic carbocycles. The number of benzene rings is 1. The smallest absolute Gasteiger partial charge is 0.138 e. The van der Waals surface area contributed by atoms with Crippen molar-refractivity contribution in [3.63, 3.8) is 0 Å². The van der Waals surface area contributed by atoms with Crippen LogP contribution in [0.25, 0.3) is 0 Å². The largest absolute Gasteiger partial charge is 0.494 e. The minimum Gasteiger partial charge on any atom is -0.494 e. The molecule has 0 fully saturated rings. The number of rotatable bonds is 6. The molecular weight excluding hydrogens is 240 g/mol. The van der Waals surface area contributed by atoms with Crippen LogP contribution in [0.15, 0.2) is 30.6 Å². The highest BCUT2D eigenvalue weighted by Crippen LogP contribution is 2.21. The molecule has 0 spiro atoms. The summed E-state index contributed by atoms with van der Waals surface area (Å²) >= 11 is 0. The van der Waals surface area contributed by atoms with Crippen molar-refractivity contribution in [3.8, 4) is 5.75 Å². The van der Waals surface area contributed by atoms with Gasteiger partial charge in [-0.1, -0.05) is 12.1 Å². The Labute approximate surface area is 113 Å². The summed E-state index contributed by atoms with van der Waals surface area (Å²) in [7, 11) is 3.86. The number of nitrogens with zero attached hydrogens (tertiary/aromatic N) is 3. The van der Waals surface area contributed by atoms with Crippen LogP contribution in [-0.2, 0) is 13.5 Å². The Hall–Kier alpha value is -1.88. The molecule has 2 rings (SSSR count). The first-order valence-electron chi connectivity index (χ1n) is 6.47. The molecule has 1 atom stereocenters. The molecule has 1 aromatic carbocycles. The number of aromatic nitrogens is 3. The van der Waals surface area contributed by atoms with Crippen LogP contribution >= 0.6 is 0 Å². The molecule has 1 aromatic heterocycles. The Balaban J connectivity index is 2.17. The third-order valence-electron chi connectivity index (χ3n) is 3.11. The van der Waals surface area contributed by atoms with Crippen LogP contribution in [0.4, 0.5) is 0 Å². The second-order valence-electron chi connectivity index (χ2n) is 4.35. The first-order valence-corrected chi connectivity index (χ1v) is 6.47. The Morgan fingerprint density at radius 1 is 1.42 bits per heavy atom. The Morgan fingerprint density at radius 3 is 2.89 bits per heavy atom. The molecule has 5 heteroatoms. The average molecular weight is 260 g/mol. The standard InChI is InChI=1S/C14H20N4O/c1-4-19-12-7-5-6-11(8-12)13(15-2)9-14-16-10-17-18(14)3/h5-8,10,13,15H,4,9H2,1-3H3. The van der Waals surface area contributed by atoms with E-state index in [0.717, 1.165) is 18.0 Å². The number of nitrogens with one attached hydrogen (secondary N) is 1. The molecule has 0 amide bonds. The quantitative estimate of drug-likeness (QED) is 0.859. The van der Waals surface area contributed by atoms with Crippen molar-refractivity contribution >= 4 is 0 Å². The molecule has 1 unspecified atom stereocenters. The fraction of sp³-hybridized carbons (Fsp3) is 0.429. The van der Waals surface area contributed by atoms with Gasteiger partial charge in [-0.15, -0.1) is 0 Å². The second-order valence-corrected chi connectivity index (χ2v) is 4.35. The van der Waals surface area contributed by atoms with Crippen LogP contribution < -0.4 is 10.1 Å². The lowest BCUT2D eigenvalue weighted by Gasteiger charge is -2.17. The summed E-state index contributed by atoms with van der Waals surface area (Å²) in [5.74, 6) is 1.86. The van der Waals surface area contributed by atoms with Gasteiger partial charge >= 0.3 is 0 Å². The molecule has 102 valence electrons. The average Bonchev–Trinajstić information content (AvgIpc) is 2.82. The van der Waals surface area contributed by atoms with Gasteiger partial charge in [-0.2, -0.15) is 5.10 Å². The summed E-state index contributed by atoms with van der Waals surface area (Å²) in [6.45, 7) is 2.67. The molecule has 1 heterocycles. The molecule has 0 aliphatic heterocycles. The number of aryl methyl sites for hydroxylation is 1. The minimum absolute atomic E-state index is 0.198. The van der Waals surface area contributed by atoms with Crippen LogP contribution in [0.5, 0.6) is 5.75 Å². The van der Waals surface area contributed by atoms with Crippen molar-refractivity contribution in [1.29, 1.82) is 0 Å². The van der Waals surface area contributed by atoms with E-state index in [1.54, 1.807) is 11.0 Å². The lowest BCUT2D eigenvalue weighted by molar-refractivity contribution is 0.339. The molecule has 0 radical (unpaired) electrons. The summed E-state index contributed by atoms with van der Waals surface area (Å²) in [5.41, 5.74) is 1.19. The summed E-state index contributed by atoms with van der Waals surface area (Å²) in [5, 5.41) is 7.41. The highest BCUT2D eigenvalue weighted by molar-refractivity contribution is 5.31. The van der Waals surface area contributed by atoms with E-state index in [9.17, 15) is 0 Å². The molecule has 0 saturated carbocycles. The lowest BCUT2D eigenvalue weighted by atomic mass is 10.0. The molecule has 0 saturated heterocycles. The van der Waals surface area contributed by atoms with Crippen LogP contribution in [0, 0.1) is 0 Å². The van der Waals surface area contributed by atoms with Crippen molar-refractivity contribution in [2.75, 3.05) is 13.7 Å². The van der Waals surface area contributed by atoms with Crippen LogP contribution in [-0.4, -0.2) is 28.4 Å². The summed E-state index contributed by atoms with van der Waals surface area (Å²) in [6.07, 6.45) is 2.38. The summed E-state index contributed by atoms with van der Waals surface area (Å²) < 4.78 is 7.34. The highest BCUT2D eigenvalue weighted by atomic mass is 16.5. The Bertz CT molecular complexity index is 524. The first-order chi connectivity index (χ1) is 9.24.